The molecule has 1 saturated heterocycles. The van der Waals surface area contributed by atoms with Gasteiger partial charge in [0, 0.05) is 20.9 Å². The van der Waals surface area contributed by atoms with Crippen LogP contribution in [0.2, 0.25) is 0 Å². The van der Waals surface area contributed by atoms with E-state index in [1.165, 1.54) is 24.3 Å². The number of ether oxygens (including phenoxy) is 1. The third-order valence-electron chi connectivity index (χ3n) is 5.31. The molecule has 9 heteroatoms. The number of para-hydroxylation sites is 1. The van der Waals surface area contributed by atoms with Crippen LogP contribution < -0.4 is 15.0 Å². The molecular weight excluding hydrogens is 583 g/mol. The van der Waals surface area contributed by atoms with E-state index in [4.69, 9.17) is 4.74 Å². The quantitative estimate of drug-likeness (QED) is 0.277. The first-order chi connectivity index (χ1) is 16.8. The number of nitrogens with one attached hydrogen (secondary N) is 1. The van der Waals surface area contributed by atoms with E-state index in [1.807, 2.05) is 31.2 Å². The zero-order valence-corrected chi connectivity index (χ0v) is 21.7. The van der Waals surface area contributed by atoms with Crippen molar-refractivity contribution in [3.8, 4) is 5.75 Å². The Morgan fingerprint density at radius 3 is 2.43 bits per heavy atom. The number of urea groups is 1. The highest BCUT2D eigenvalue weighted by atomic mass is 79.9. The second-order valence-corrected chi connectivity index (χ2v) is 9.30. The van der Waals surface area contributed by atoms with Gasteiger partial charge in [-0.05, 0) is 54.5 Å². The molecule has 4 rings (SSSR count). The molecule has 6 nitrogen and oxygen atoms in total. The minimum absolute atomic E-state index is 0.242. The summed E-state index contributed by atoms with van der Waals surface area (Å²) in [6.07, 6.45) is 1.93. The summed E-state index contributed by atoms with van der Waals surface area (Å²) in [4.78, 5) is 38.6. The fourth-order valence-electron chi connectivity index (χ4n) is 3.68. The number of halogens is 3. The van der Waals surface area contributed by atoms with Crippen molar-refractivity contribution in [1.82, 2.24) is 5.32 Å². The first-order valence-electron chi connectivity index (χ1n) is 10.6. The van der Waals surface area contributed by atoms with E-state index < -0.39 is 23.7 Å². The van der Waals surface area contributed by atoms with Crippen molar-refractivity contribution < 1.29 is 23.5 Å². The van der Waals surface area contributed by atoms with Crippen LogP contribution in [0.15, 0.2) is 75.2 Å². The van der Waals surface area contributed by atoms with E-state index in [9.17, 15) is 18.8 Å². The Hall–Kier alpha value is -3.30. The van der Waals surface area contributed by atoms with Gasteiger partial charge in [-0.25, -0.2) is 14.1 Å². The minimum Gasteiger partial charge on any atom is -0.494 e. The summed E-state index contributed by atoms with van der Waals surface area (Å²) in [5.41, 5.74) is 1.90. The molecule has 35 heavy (non-hydrogen) atoms. The average Bonchev–Trinajstić information content (AvgIpc) is 2.81. The Balaban J connectivity index is 1.74. The van der Waals surface area contributed by atoms with E-state index in [-0.39, 0.29) is 11.3 Å². The van der Waals surface area contributed by atoms with Crippen molar-refractivity contribution in [1.29, 1.82) is 0 Å². The van der Waals surface area contributed by atoms with Crippen molar-refractivity contribution >= 4 is 61.5 Å². The molecule has 4 amide bonds. The number of hydrogen-bond acceptors (Lipinski definition) is 4. The Morgan fingerprint density at radius 2 is 1.71 bits per heavy atom. The Kier molecular flexibility index (Phi) is 7.47. The largest absolute Gasteiger partial charge is 0.494 e. The zero-order chi connectivity index (χ0) is 25.1. The molecule has 3 aromatic rings. The monoisotopic (exact) mass is 600 g/mol. The highest BCUT2D eigenvalue weighted by Gasteiger charge is 2.38. The second kappa shape index (κ2) is 10.5. The number of imide groups is 2. The number of amides is 4. The van der Waals surface area contributed by atoms with Gasteiger partial charge in [0.15, 0.2) is 0 Å². The van der Waals surface area contributed by atoms with Gasteiger partial charge in [0.25, 0.3) is 11.8 Å². The Morgan fingerprint density at radius 1 is 1.00 bits per heavy atom. The smallest absolute Gasteiger partial charge is 0.336 e. The maximum Gasteiger partial charge on any atom is 0.336 e. The van der Waals surface area contributed by atoms with Gasteiger partial charge in [0.2, 0.25) is 0 Å². The molecule has 0 radical (unpaired) electrons. The number of carbonyl (C=O) groups is 3. The van der Waals surface area contributed by atoms with Crippen LogP contribution >= 0.6 is 31.9 Å². The Labute approximate surface area is 218 Å². The van der Waals surface area contributed by atoms with Crippen LogP contribution in [0, 0.1) is 5.82 Å². The van der Waals surface area contributed by atoms with Crippen LogP contribution in [-0.4, -0.2) is 24.5 Å². The predicted octanol–water partition coefficient (Wildman–Crippen LogP) is 6.01. The number of carbonyl (C=O) groups excluding carboxylic acids is 3. The van der Waals surface area contributed by atoms with E-state index in [1.54, 1.807) is 12.1 Å². The van der Waals surface area contributed by atoms with Crippen molar-refractivity contribution in [3.63, 3.8) is 0 Å². The summed E-state index contributed by atoms with van der Waals surface area (Å²) in [5, 5.41) is 2.10. The lowest BCUT2D eigenvalue weighted by Crippen LogP contribution is -2.54. The molecule has 1 N–H and O–H groups in total. The molecular formula is C26H19Br2FN2O4. The highest BCUT2D eigenvalue weighted by Crippen LogP contribution is 2.34. The third kappa shape index (κ3) is 5.21. The molecule has 1 fully saturated rings. The van der Waals surface area contributed by atoms with Crippen molar-refractivity contribution in [2.75, 3.05) is 11.5 Å². The lowest BCUT2D eigenvalue weighted by Gasteiger charge is -2.26. The molecule has 1 heterocycles. The normalized spacial score (nSPS) is 14.9. The predicted molar refractivity (Wildman–Crippen MR) is 138 cm³/mol. The summed E-state index contributed by atoms with van der Waals surface area (Å²) in [6.45, 7) is 2.27. The SMILES string of the molecule is CCOc1cc(/C=C2/C(=O)NC(=O)N(c3ccccc3F)C2=O)cc(Br)c1Cc1ccccc1Br. The highest BCUT2D eigenvalue weighted by molar-refractivity contribution is 9.10. The maximum atomic E-state index is 14.3. The number of barbiturate groups is 1. The molecule has 0 spiro atoms. The van der Waals surface area contributed by atoms with Crippen LogP contribution in [0.25, 0.3) is 6.08 Å². The van der Waals surface area contributed by atoms with E-state index >= 15 is 0 Å². The molecule has 1 aliphatic heterocycles. The molecule has 1 aliphatic rings. The third-order valence-corrected chi connectivity index (χ3v) is 6.79. The van der Waals surface area contributed by atoms with Crippen LogP contribution in [0.4, 0.5) is 14.9 Å². The first-order valence-corrected chi connectivity index (χ1v) is 12.2. The lowest BCUT2D eigenvalue weighted by molar-refractivity contribution is -0.122. The topological polar surface area (TPSA) is 75.7 Å². The standard InChI is InChI=1S/C26H19Br2FN2O4/c1-2-35-23-13-15(12-20(28)17(23)14-16-7-3-4-8-19(16)27)11-18-24(32)30-26(34)31(25(18)33)22-10-6-5-9-21(22)29/h3-13H,2,14H2,1H3,(H,30,32,34)/b18-11-. The van der Waals surface area contributed by atoms with Crippen LogP contribution in [0.3, 0.4) is 0 Å². The molecule has 0 aromatic heterocycles. The number of rotatable bonds is 6. The van der Waals surface area contributed by atoms with Crippen molar-refractivity contribution in [2.45, 2.75) is 13.3 Å². The van der Waals surface area contributed by atoms with Crippen molar-refractivity contribution in [2.24, 2.45) is 0 Å². The van der Waals surface area contributed by atoms with Crippen LogP contribution in [-0.2, 0) is 16.0 Å². The van der Waals surface area contributed by atoms with E-state index in [0.717, 1.165) is 26.1 Å². The van der Waals surface area contributed by atoms with Crippen molar-refractivity contribution in [3.05, 3.63) is 97.7 Å². The minimum atomic E-state index is -1.01. The van der Waals surface area contributed by atoms with Gasteiger partial charge in [-0.2, -0.15) is 0 Å². The summed E-state index contributed by atoms with van der Waals surface area (Å²) >= 11 is 7.15. The second-order valence-electron chi connectivity index (χ2n) is 7.59. The summed E-state index contributed by atoms with van der Waals surface area (Å²) in [6, 6.07) is 15.7. The summed E-state index contributed by atoms with van der Waals surface area (Å²) < 4.78 is 21.9. The van der Waals surface area contributed by atoms with E-state index in [0.29, 0.717) is 29.2 Å². The van der Waals surface area contributed by atoms with Gasteiger partial charge < -0.3 is 4.74 Å². The lowest BCUT2D eigenvalue weighted by atomic mass is 10.0. The van der Waals surface area contributed by atoms with Gasteiger partial charge in [0.05, 0.1) is 12.3 Å². The number of nitrogens with zero attached hydrogens (tertiary/aromatic N) is 1. The average molecular weight is 602 g/mol. The van der Waals surface area contributed by atoms with Gasteiger partial charge in [-0.3, -0.25) is 14.9 Å². The fourth-order valence-corrected chi connectivity index (χ4v) is 4.70. The fraction of sp³-hybridized carbons (Fsp3) is 0.115. The van der Waals surface area contributed by atoms with E-state index in [2.05, 4.69) is 37.2 Å². The first kappa shape index (κ1) is 24.8. The number of anilines is 1. The van der Waals surface area contributed by atoms with Gasteiger partial charge in [-0.1, -0.05) is 62.2 Å². The number of hydrogen-bond donors (Lipinski definition) is 1. The molecule has 0 unspecified atom stereocenters. The number of benzene rings is 3. The van der Waals surface area contributed by atoms with Crippen LogP contribution in [0.1, 0.15) is 23.6 Å². The van der Waals surface area contributed by atoms with Gasteiger partial charge in [-0.15, -0.1) is 0 Å². The summed E-state index contributed by atoms with van der Waals surface area (Å²) in [7, 11) is 0. The molecule has 0 atom stereocenters. The summed E-state index contributed by atoms with van der Waals surface area (Å²) in [5.74, 6) is -1.97. The van der Waals surface area contributed by atoms with Gasteiger partial charge >= 0.3 is 6.03 Å². The maximum absolute atomic E-state index is 14.3. The zero-order valence-electron chi connectivity index (χ0n) is 18.5. The molecule has 178 valence electrons. The van der Waals surface area contributed by atoms with Crippen LogP contribution in [0.5, 0.6) is 5.75 Å². The molecule has 3 aromatic carbocycles. The van der Waals surface area contributed by atoms with Gasteiger partial charge in [0.1, 0.15) is 17.1 Å². The molecule has 0 aliphatic carbocycles. The Bertz CT molecular complexity index is 1370. The molecule has 0 saturated carbocycles. The molecule has 0 bridgehead atoms.